The van der Waals surface area contributed by atoms with Crippen molar-refractivity contribution in [3.05, 3.63) is 34.3 Å². The summed E-state index contributed by atoms with van der Waals surface area (Å²) in [7, 11) is 0. The molecule has 1 rings (SSSR count). The standard InChI is InChI=1S/C11H15BrClN/c1-2-10(7-13)14-8-9-5-3-4-6-11(9)12/h3-6,10,14H,2,7-8H2,1H3. The van der Waals surface area contributed by atoms with Crippen LogP contribution < -0.4 is 5.32 Å². The van der Waals surface area contributed by atoms with Crippen LogP contribution in [0.15, 0.2) is 28.7 Å². The van der Waals surface area contributed by atoms with Gasteiger partial charge in [-0.3, -0.25) is 0 Å². The minimum absolute atomic E-state index is 0.406. The smallest absolute Gasteiger partial charge is 0.0377 e. The summed E-state index contributed by atoms with van der Waals surface area (Å²) in [6.07, 6.45) is 1.06. The Morgan fingerprint density at radius 1 is 1.43 bits per heavy atom. The first-order valence-electron chi connectivity index (χ1n) is 4.80. The number of rotatable bonds is 5. The summed E-state index contributed by atoms with van der Waals surface area (Å²) in [4.78, 5) is 0. The Kier molecular flexibility index (Phi) is 5.53. The molecule has 0 saturated heterocycles. The molecular formula is C11H15BrClN. The van der Waals surface area contributed by atoms with Gasteiger partial charge in [0.25, 0.3) is 0 Å². The van der Waals surface area contributed by atoms with Crippen molar-refractivity contribution in [2.45, 2.75) is 25.9 Å². The summed E-state index contributed by atoms with van der Waals surface area (Å²) in [6.45, 7) is 3.01. The van der Waals surface area contributed by atoms with E-state index in [4.69, 9.17) is 11.6 Å². The van der Waals surface area contributed by atoms with Gasteiger partial charge < -0.3 is 5.32 Å². The van der Waals surface area contributed by atoms with E-state index in [0.29, 0.717) is 11.9 Å². The van der Waals surface area contributed by atoms with Crippen LogP contribution in [0.1, 0.15) is 18.9 Å². The molecule has 1 aromatic carbocycles. The molecular weight excluding hydrogens is 261 g/mol. The Bertz CT molecular complexity index is 274. The van der Waals surface area contributed by atoms with Gasteiger partial charge in [-0.2, -0.15) is 0 Å². The van der Waals surface area contributed by atoms with Gasteiger partial charge in [-0.25, -0.2) is 0 Å². The molecule has 1 nitrogen and oxygen atoms in total. The van der Waals surface area contributed by atoms with Gasteiger partial charge in [0, 0.05) is 22.9 Å². The molecule has 14 heavy (non-hydrogen) atoms. The fraction of sp³-hybridized carbons (Fsp3) is 0.455. The maximum absolute atomic E-state index is 5.80. The predicted octanol–water partition coefficient (Wildman–Crippen LogP) is 3.56. The number of halogens is 2. The molecule has 0 aliphatic carbocycles. The topological polar surface area (TPSA) is 12.0 Å². The Morgan fingerprint density at radius 3 is 2.71 bits per heavy atom. The molecule has 0 aliphatic heterocycles. The third-order valence-corrected chi connectivity index (χ3v) is 3.36. The number of hydrogen-bond acceptors (Lipinski definition) is 1. The zero-order chi connectivity index (χ0) is 10.4. The summed E-state index contributed by atoms with van der Waals surface area (Å²) in [5.41, 5.74) is 1.27. The summed E-state index contributed by atoms with van der Waals surface area (Å²) < 4.78 is 1.15. The SMILES string of the molecule is CCC(CCl)NCc1ccccc1Br. The molecule has 0 saturated carbocycles. The highest BCUT2D eigenvalue weighted by Gasteiger charge is 2.04. The van der Waals surface area contributed by atoms with E-state index in [-0.39, 0.29) is 0 Å². The van der Waals surface area contributed by atoms with Gasteiger partial charge in [0.15, 0.2) is 0 Å². The molecule has 0 heterocycles. The van der Waals surface area contributed by atoms with Crippen molar-refractivity contribution in [2.24, 2.45) is 0 Å². The van der Waals surface area contributed by atoms with Crippen molar-refractivity contribution in [2.75, 3.05) is 5.88 Å². The van der Waals surface area contributed by atoms with E-state index in [0.717, 1.165) is 17.4 Å². The van der Waals surface area contributed by atoms with Crippen molar-refractivity contribution < 1.29 is 0 Å². The van der Waals surface area contributed by atoms with Crippen LogP contribution in [-0.2, 0) is 6.54 Å². The first-order chi connectivity index (χ1) is 6.77. The number of nitrogens with one attached hydrogen (secondary N) is 1. The van der Waals surface area contributed by atoms with Crippen molar-refractivity contribution in [1.82, 2.24) is 5.32 Å². The second kappa shape index (κ2) is 6.44. The summed E-state index contributed by atoms with van der Waals surface area (Å²) >= 11 is 9.32. The van der Waals surface area contributed by atoms with Gasteiger partial charge in [-0.1, -0.05) is 41.1 Å². The Morgan fingerprint density at radius 2 is 2.14 bits per heavy atom. The van der Waals surface area contributed by atoms with E-state index in [1.54, 1.807) is 0 Å². The molecule has 0 amide bonds. The van der Waals surface area contributed by atoms with Gasteiger partial charge in [0.05, 0.1) is 0 Å². The van der Waals surface area contributed by atoms with Crippen LogP contribution in [-0.4, -0.2) is 11.9 Å². The van der Waals surface area contributed by atoms with Gasteiger partial charge in [-0.15, -0.1) is 11.6 Å². The molecule has 78 valence electrons. The first kappa shape index (κ1) is 12.0. The van der Waals surface area contributed by atoms with Crippen LogP contribution >= 0.6 is 27.5 Å². The van der Waals surface area contributed by atoms with E-state index < -0.39 is 0 Å². The molecule has 0 fully saturated rings. The van der Waals surface area contributed by atoms with E-state index in [2.05, 4.69) is 40.3 Å². The minimum Gasteiger partial charge on any atom is -0.309 e. The highest BCUT2D eigenvalue weighted by atomic mass is 79.9. The van der Waals surface area contributed by atoms with Crippen LogP contribution in [0, 0.1) is 0 Å². The zero-order valence-corrected chi connectivity index (χ0v) is 10.6. The lowest BCUT2D eigenvalue weighted by molar-refractivity contribution is 0.538. The van der Waals surface area contributed by atoms with Gasteiger partial charge in [0.2, 0.25) is 0 Å². The Hall–Kier alpha value is -0.0500. The second-order valence-corrected chi connectivity index (χ2v) is 4.39. The maximum Gasteiger partial charge on any atom is 0.0377 e. The van der Waals surface area contributed by atoms with Crippen LogP contribution in [0.4, 0.5) is 0 Å². The molecule has 0 aromatic heterocycles. The summed E-state index contributed by atoms with van der Waals surface area (Å²) in [6, 6.07) is 8.63. The van der Waals surface area contributed by atoms with Crippen molar-refractivity contribution in [3.63, 3.8) is 0 Å². The largest absolute Gasteiger partial charge is 0.309 e. The quantitative estimate of drug-likeness (QED) is 0.811. The van der Waals surface area contributed by atoms with E-state index >= 15 is 0 Å². The molecule has 0 radical (unpaired) electrons. The van der Waals surface area contributed by atoms with Gasteiger partial charge in [-0.05, 0) is 18.1 Å². The monoisotopic (exact) mass is 275 g/mol. The van der Waals surface area contributed by atoms with Gasteiger partial charge >= 0.3 is 0 Å². The van der Waals surface area contributed by atoms with Crippen LogP contribution in [0.3, 0.4) is 0 Å². The number of hydrogen-bond donors (Lipinski definition) is 1. The van der Waals surface area contributed by atoms with Crippen LogP contribution in [0.5, 0.6) is 0 Å². The van der Waals surface area contributed by atoms with Crippen molar-refractivity contribution in [3.8, 4) is 0 Å². The van der Waals surface area contributed by atoms with Crippen LogP contribution in [0.25, 0.3) is 0 Å². The maximum atomic E-state index is 5.80. The van der Waals surface area contributed by atoms with E-state index in [1.807, 2.05) is 12.1 Å². The average Bonchev–Trinajstić information content (AvgIpc) is 2.22. The van der Waals surface area contributed by atoms with Crippen molar-refractivity contribution in [1.29, 1.82) is 0 Å². The molecule has 3 heteroatoms. The molecule has 1 aromatic rings. The van der Waals surface area contributed by atoms with E-state index in [1.165, 1.54) is 5.56 Å². The number of benzene rings is 1. The van der Waals surface area contributed by atoms with Crippen LogP contribution in [0.2, 0.25) is 0 Å². The fourth-order valence-corrected chi connectivity index (χ4v) is 1.96. The molecule has 1 atom stereocenters. The lowest BCUT2D eigenvalue weighted by Crippen LogP contribution is -2.29. The molecule has 0 spiro atoms. The van der Waals surface area contributed by atoms with E-state index in [9.17, 15) is 0 Å². The normalized spacial score (nSPS) is 12.8. The lowest BCUT2D eigenvalue weighted by Gasteiger charge is -2.14. The summed E-state index contributed by atoms with van der Waals surface area (Å²) in [5, 5.41) is 3.41. The molecule has 0 bridgehead atoms. The lowest BCUT2D eigenvalue weighted by atomic mass is 10.2. The Balaban J connectivity index is 2.49. The zero-order valence-electron chi connectivity index (χ0n) is 8.26. The minimum atomic E-state index is 0.406. The number of alkyl halides is 1. The second-order valence-electron chi connectivity index (χ2n) is 3.23. The third-order valence-electron chi connectivity index (χ3n) is 2.22. The van der Waals surface area contributed by atoms with Crippen molar-refractivity contribution >= 4 is 27.5 Å². The third kappa shape index (κ3) is 3.60. The highest BCUT2D eigenvalue weighted by Crippen LogP contribution is 2.15. The highest BCUT2D eigenvalue weighted by molar-refractivity contribution is 9.10. The Labute approximate surface area is 99.0 Å². The predicted molar refractivity (Wildman–Crippen MR) is 65.8 cm³/mol. The molecule has 1 unspecified atom stereocenters. The fourth-order valence-electron chi connectivity index (χ4n) is 1.20. The first-order valence-corrected chi connectivity index (χ1v) is 6.13. The van der Waals surface area contributed by atoms with Gasteiger partial charge in [0.1, 0.15) is 0 Å². The average molecular weight is 277 g/mol. The molecule has 0 aliphatic rings. The molecule has 1 N–H and O–H groups in total. The summed E-state index contributed by atoms with van der Waals surface area (Å²) in [5.74, 6) is 0.668.